The monoisotopic (exact) mass is 397 g/mol. The van der Waals surface area contributed by atoms with Crippen LogP contribution in [0.3, 0.4) is 0 Å². The maximum Gasteiger partial charge on any atom is 0.181 e. The molecule has 2 heteroatoms. The maximum absolute atomic E-state index is 4.20. The Hall–Kier alpha value is -1.43. The fourth-order valence-electron chi connectivity index (χ4n) is 2.96. The highest BCUT2D eigenvalue weighted by Gasteiger charge is 2.43. The Morgan fingerprint density at radius 2 is 1.12 bits per heavy atom. The molecular weight excluding hydrogens is 375 g/mol. The van der Waals surface area contributed by atoms with Gasteiger partial charge in [0, 0.05) is 0 Å². The Morgan fingerprint density at radius 1 is 0.667 bits per heavy atom. The molecule has 0 amide bonds. The van der Waals surface area contributed by atoms with Gasteiger partial charge in [0.05, 0.1) is 0 Å². The number of aryl methyl sites for hydroxylation is 1. The number of benzene rings is 3. The van der Waals surface area contributed by atoms with Crippen LogP contribution in [0.15, 0.2) is 84.9 Å². The summed E-state index contributed by atoms with van der Waals surface area (Å²) in [6, 6.07) is 30.9. The summed E-state index contributed by atoms with van der Waals surface area (Å²) in [5, 5.41) is 4.09. The Bertz CT molecular complexity index is 711. The Balaban J connectivity index is 2.06. The van der Waals surface area contributed by atoms with Crippen LogP contribution in [0.5, 0.6) is 0 Å². The van der Waals surface area contributed by atoms with E-state index in [-0.39, 0.29) is 0 Å². The molecule has 0 aliphatic heterocycles. The highest BCUT2D eigenvalue weighted by molar-refractivity contribution is 9.44. The van der Waals surface area contributed by atoms with Crippen molar-refractivity contribution in [2.24, 2.45) is 0 Å². The molecule has 0 spiro atoms. The highest BCUT2D eigenvalue weighted by Crippen LogP contribution is 2.62. The van der Waals surface area contributed by atoms with E-state index in [9.17, 15) is 0 Å². The molecule has 3 aromatic rings. The van der Waals surface area contributed by atoms with E-state index in [1.807, 2.05) is 0 Å². The van der Waals surface area contributed by atoms with Gasteiger partial charge < -0.3 is 0 Å². The van der Waals surface area contributed by atoms with E-state index < -0.39 is 5.96 Å². The standard InChI is InChI=1S/C22H23BrP/c1-2-3-10-19-15-17-22(18-16-19)24(23,20-11-6-4-7-12-20)21-13-8-5-9-14-21/h4-9,11-18H,2-3,10H2,1H3/q+1. The van der Waals surface area contributed by atoms with E-state index in [4.69, 9.17) is 0 Å². The molecule has 0 saturated carbocycles. The number of rotatable bonds is 6. The Labute approximate surface area is 154 Å². The van der Waals surface area contributed by atoms with Gasteiger partial charge in [-0.1, -0.05) is 61.9 Å². The lowest BCUT2D eigenvalue weighted by atomic mass is 10.1. The topological polar surface area (TPSA) is 0 Å². The summed E-state index contributed by atoms with van der Waals surface area (Å²) in [6.45, 7) is 2.24. The van der Waals surface area contributed by atoms with Gasteiger partial charge in [-0.05, 0) is 54.8 Å². The van der Waals surface area contributed by atoms with Crippen molar-refractivity contribution in [3.05, 3.63) is 90.5 Å². The maximum atomic E-state index is 4.20. The lowest BCUT2D eigenvalue weighted by Gasteiger charge is -2.20. The van der Waals surface area contributed by atoms with Crippen LogP contribution in [-0.4, -0.2) is 0 Å². The van der Waals surface area contributed by atoms with Crippen LogP contribution in [0.4, 0.5) is 0 Å². The smallest absolute Gasteiger partial charge is 0.0654 e. The second-order valence-corrected chi connectivity index (χ2v) is 11.9. The van der Waals surface area contributed by atoms with Gasteiger partial charge in [0.15, 0.2) is 21.5 Å². The first kappa shape index (κ1) is 17.4. The van der Waals surface area contributed by atoms with E-state index in [0.717, 1.165) is 0 Å². The van der Waals surface area contributed by atoms with Crippen molar-refractivity contribution in [2.75, 3.05) is 0 Å². The minimum Gasteiger partial charge on any atom is -0.0654 e. The molecule has 0 nitrogen and oxygen atoms in total. The second kappa shape index (κ2) is 8.10. The van der Waals surface area contributed by atoms with Crippen molar-refractivity contribution in [3.63, 3.8) is 0 Å². The quantitative estimate of drug-likeness (QED) is 0.472. The number of hydrogen-bond donors (Lipinski definition) is 0. The zero-order chi connectivity index (χ0) is 16.8. The summed E-state index contributed by atoms with van der Waals surface area (Å²) in [7, 11) is 0. The summed E-state index contributed by atoms with van der Waals surface area (Å²) in [4.78, 5) is 0. The number of hydrogen-bond acceptors (Lipinski definition) is 0. The first-order valence-electron chi connectivity index (χ1n) is 8.54. The summed E-state index contributed by atoms with van der Waals surface area (Å²) < 4.78 is 0. The third-order valence-corrected chi connectivity index (χ3v) is 11.0. The molecule has 24 heavy (non-hydrogen) atoms. The van der Waals surface area contributed by atoms with Crippen LogP contribution in [0.25, 0.3) is 0 Å². The van der Waals surface area contributed by atoms with E-state index >= 15 is 0 Å². The van der Waals surface area contributed by atoms with Gasteiger partial charge in [-0.3, -0.25) is 0 Å². The highest BCUT2D eigenvalue weighted by atomic mass is 79.9. The first-order valence-corrected chi connectivity index (χ1v) is 12.4. The van der Waals surface area contributed by atoms with Crippen LogP contribution in [0.1, 0.15) is 25.3 Å². The van der Waals surface area contributed by atoms with Crippen molar-refractivity contribution in [3.8, 4) is 0 Å². The van der Waals surface area contributed by atoms with Gasteiger partial charge in [-0.2, -0.15) is 0 Å². The van der Waals surface area contributed by atoms with Crippen LogP contribution >= 0.6 is 21.5 Å². The summed E-state index contributed by atoms with van der Waals surface area (Å²) >= 11 is 4.20. The Morgan fingerprint density at radius 3 is 1.58 bits per heavy atom. The first-order chi connectivity index (χ1) is 11.7. The zero-order valence-electron chi connectivity index (χ0n) is 14.0. The third kappa shape index (κ3) is 3.63. The van der Waals surface area contributed by atoms with Crippen LogP contribution in [0, 0.1) is 0 Å². The lowest BCUT2D eigenvalue weighted by molar-refractivity contribution is 0.795. The molecule has 3 rings (SSSR count). The van der Waals surface area contributed by atoms with Crippen LogP contribution in [0.2, 0.25) is 0 Å². The molecule has 0 aromatic heterocycles. The fraction of sp³-hybridized carbons (Fsp3) is 0.182. The lowest BCUT2D eigenvalue weighted by Crippen LogP contribution is -2.26. The van der Waals surface area contributed by atoms with Crippen molar-refractivity contribution in [1.82, 2.24) is 0 Å². The van der Waals surface area contributed by atoms with Gasteiger partial charge in [-0.15, -0.1) is 0 Å². The van der Waals surface area contributed by atoms with Gasteiger partial charge in [0.25, 0.3) is 0 Å². The average Bonchev–Trinajstić information content (AvgIpc) is 2.67. The minimum absolute atomic E-state index is 1.17. The van der Waals surface area contributed by atoms with Crippen LogP contribution in [-0.2, 0) is 6.42 Å². The van der Waals surface area contributed by atoms with Gasteiger partial charge in [0.2, 0.25) is 0 Å². The van der Waals surface area contributed by atoms with Crippen molar-refractivity contribution in [1.29, 1.82) is 0 Å². The Kier molecular flexibility index (Phi) is 5.87. The molecule has 122 valence electrons. The summed E-state index contributed by atoms with van der Waals surface area (Å²) in [6.07, 6.45) is 3.66. The molecule has 0 radical (unpaired) electrons. The molecule has 0 atom stereocenters. The summed E-state index contributed by atoms with van der Waals surface area (Å²) in [5.74, 6) is -1.76. The van der Waals surface area contributed by atoms with E-state index in [1.54, 1.807) is 0 Å². The molecule has 0 fully saturated rings. The minimum atomic E-state index is -1.76. The van der Waals surface area contributed by atoms with E-state index in [0.29, 0.717) is 0 Å². The third-order valence-electron chi connectivity index (χ3n) is 4.34. The SMILES string of the molecule is CCCCc1ccc([P+](Br)(c2ccccc2)c2ccccc2)cc1. The average molecular weight is 398 g/mol. The molecular formula is C22H23BrP+. The van der Waals surface area contributed by atoms with Crippen LogP contribution < -0.4 is 15.9 Å². The summed E-state index contributed by atoms with van der Waals surface area (Å²) in [5.41, 5.74) is 1.43. The molecule has 0 N–H and O–H groups in total. The number of halogens is 1. The largest absolute Gasteiger partial charge is 0.181 e. The van der Waals surface area contributed by atoms with Gasteiger partial charge >= 0.3 is 0 Å². The molecule has 0 unspecified atom stereocenters. The molecule has 0 aliphatic carbocycles. The second-order valence-electron chi connectivity index (χ2n) is 6.03. The molecule has 0 bridgehead atoms. The predicted octanol–water partition coefficient (Wildman–Crippen LogP) is 5.63. The fourth-order valence-corrected chi connectivity index (χ4v) is 7.71. The van der Waals surface area contributed by atoms with E-state index in [1.165, 1.54) is 40.7 Å². The molecule has 0 saturated heterocycles. The molecule has 0 aliphatic rings. The normalized spacial score (nSPS) is 11.4. The van der Waals surface area contributed by atoms with Crippen molar-refractivity contribution >= 4 is 37.4 Å². The molecule has 3 aromatic carbocycles. The van der Waals surface area contributed by atoms with Gasteiger partial charge in [0.1, 0.15) is 15.9 Å². The van der Waals surface area contributed by atoms with Crippen molar-refractivity contribution in [2.45, 2.75) is 26.2 Å². The molecule has 0 heterocycles. The van der Waals surface area contributed by atoms with E-state index in [2.05, 4.69) is 107 Å². The predicted molar refractivity (Wildman–Crippen MR) is 113 cm³/mol. The zero-order valence-corrected chi connectivity index (χ0v) is 16.5. The van der Waals surface area contributed by atoms with Gasteiger partial charge in [-0.25, -0.2) is 0 Å². The van der Waals surface area contributed by atoms with Crippen molar-refractivity contribution < 1.29 is 0 Å². The number of unbranched alkanes of at least 4 members (excludes halogenated alkanes) is 1.